The third-order valence-corrected chi connectivity index (χ3v) is 4.58. The number of thioether (sulfide) groups is 1. The van der Waals surface area contributed by atoms with Gasteiger partial charge in [-0.05, 0) is 24.0 Å². The van der Waals surface area contributed by atoms with Crippen LogP contribution in [0.4, 0.5) is 0 Å². The van der Waals surface area contributed by atoms with Crippen LogP contribution in [0, 0.1) is 5.92 Å². The molecule has 0 aliphatic heterocycles. The summed E-state index contributed by atoms with van der Waals surface area (Å²) in [7, 11) is -3.46. The Labute approximate surface area is 106 Å². The van der Waals surface area contributed by atoms with Crippen LogP contribution in [0.25, 0.3) is 0 Å². The number of hydrogen-bond acceptors (Lipinski definition) is 4. The molecule has 7 heteroatoms. The number of nitrogens with one attached hydrogen (secondary N) is 2. The van der Waals surface area contributed by atoms with Gasteiger partial charge in [-0.3, -0.25) is 0 Å². The largest absolute Gasteiger partial charge is 0.390 e. The van der Waals surface area contributed by atoms with Gasteiger partial charge in [0.2, 0.25) is 10.0 Å². The quantitative estimate of drug-likeness (QED) is 0.688. The van der Waals surface area contributed by atoms with Crippen molar-refractivity contribution >= 4 is 21.8 Å². The van der Waals surface area contributed by atoms with Crippen molar-refractivity contribution in [3.8, 4) is 0 Å². The second-order valence-corrected chi connectivity index (χ2v) is 6.61. The Morgan fingerprint density at radius 2 is 2.29 bits per heavy atom. The highest BCUT2D eigenvalue weighted by Crippen LogP contribution is 2.11. The summed E-state index contributed by atoms with van der Waals surface area (Å²) in [6, 6.07) is 1.43. The maximum Gasteiger partial charge on any atom is 0.242 e. The Kier molecular flexibility index (Phi) is 5.51. The van der Waals surface area contributed by atoms with Crippen LogP contribution in [0.15, 0.2) is 17.2 Å². The molecular formula is C10H18N2O3S2. The minimum atomic E-state index is -3.46. The molecule has 0 aromatic carbocycles. The molecule has 0 aliphatic rings. The molecule has 1 aromatic rings. The Hall–Kier alpha value is -0.500. The summed E-state index contributed by atoms with van der Waals surface area (Å²) < 4.78 is 26.3. The summed E-state index contributed by atoms with van der Waals surface area (Å²) in [4.78, 5) is 2.87. The van der Waals surface area contributed by atoms with Crippen molar-refractivity contribution < 1.29 is 13.5 Å². The van der Waals surface area contributed by atoms with Crippen molar-refractivity contribution in [3.05, 3.63) is 18.0 Å². The summed E-state index contributed by atoms with van der Waals surface area (Å²) in [5.74, 6) is 1.20. The first-order chi connectivity index (χ1) is 7.99. The average molecular weight is 278 g/mol. The number of aromatic amines is 1. The molecule has 0 spiro atoms. The predicted molar refractivity (Wildman–Crippen MR) is 69.5 cm³/mol. The summed E-state index contributed by atoms with van der Waals surface area (Å²) >= 11 is 1.69. The molecule has 0 amide bonds. The number of sulfonamides is 1. The summed E-state index contributed by atoms with van der Waals surface area (Å²) in [5, 5.41) is 8.86. The van der Waals surface area contributed by atoms with Gasteiger partial charge in [0.05, 0.1) is 11.5 Å². The van der Waals surface area contributed by atoms with Gasteiger partial charge in [-0.25, -0.2) is 13.1 Å². The molecular weight excluding hydrogens is 260 g/mol. The molecule has 0 fully saturated rings. The number of rotatable bonds is 7. The normalized spacial score (nSPS) is 13.8. The molecule has 1 aromatic heterocycles. The van der Waals surface area contributed by atoms with E-state index in [2.05, 4.69) is 9.71 Å². The number of hydrogen-bond donors (Lipinski definition) is 3. The summed E-state index contributed by atoms with van der Waals surface area (Å²) in [6.45, 7) is 2.22. The second-order valence-electron chi connectivity index (χ2n) is 3.93. The van der Waals surface area contributed by atoms with Gasteiger partial charge >= 0.3 is 0 Å². The topological polar surface area (TPSA) is 82.2 Å². The summed E-state index contributed by atoms with van der Waals surface area (Å²) in [6.07, 6.45) is 3.37. The SMILES string of the molecule is CSCC(C)CNS(=O)(=O)c1c[nH]c(CO)c1. The molecule has 1 unspecified atom stereocenters. The highest BCUT2D eigenvalue weighted by molar-refractivity contribution is 7.98. The van der Waals surface area contributed by atoms with Crippen LogP contribution in [0.3, 0.4) is 0 Å². The van der Waals surface area contributed by atoms with E-state index in [0.29, 0.717) is 12.2 Å². The fourth-order valence-electron chi connectivity index (χ4n) is 1.34. The van der Waals surface area contributed by atoms with Crippen molar-refractivity contribution in [1.82, 2.24) is 9.71 Å². The smallest absolute Gasteiger partial charge is 0.242 e. The van der Waals surface area contributed by atoms with E-state index in [9.17, 15) is 8.42 Å². The standard InChI is InChI=1S/C10H18N2O3S2/c1-8(7-16-2)4-12-17(14,15)10-3-9(6-13)11-5-10/h3,5,8,11-13H,4,6-7H2,1-2H3. The Morgan fingerprint density at radius 1 is 1.59 bits per heavy atom. The summed E-state index contributed by atoms with van der Waals surface area (Å²) in [5.41, 5.74) is 0.488. The lowest BCUT2D eigenvalue weighted by Crippen LogP contribution is -2.29. The molecule has 17 heavy (non-hydrogen) atoms. The molecule has 98 valence electrons. The van der Waals surface area contributed by atoms with Crippen molar-refractivity contribution in [2.45, 2.75) is 18.4 Å². The van der Waals surface area contributed by atoms with E-state index in [1.807, 2.05) is 13.2 Å². The van der Waals surface area contributed by atoms with Gasteiger partial charge in [0.15, 0.2) is 0 Å². The number of aliphatic hydroxyl groups excluding tert-OH is 1. The van der Waals surface area contributed by atoms with Gasteiger partial charge in [-0.1, -0.05) is 6.92 Å². The molecule has 1 atom stereocenters. The van der Waals surface area contributed by atoms with Crippen LogP contribution in [-0.4, -0.2) is 37.1 Å². The van der Waals surface area contributed by atoms with Crippen molar-refractivity contribution in [2.75, 3.05) is 18.6 Å². The van der Waals surface area contributed by atoms with Gasteiger partial charge in [0, 0.05) is 18.4 Å². The fourth-order valence-corrected chi connectivity index (χ4v) is 3.21. The molecule has 1 heterocycles. The molecule has 0 bridgehead atoms. The first-order valence-corrected chi connectivity index (χ1v) is 8.14. The Morgan fingerprint density at radius 3 is 2.82 bits per heavy atom. The lowest BCUT2D eigenvalue weighted by molar-refractivity contribution is 0.277. The highest BCUT2D eigenvalue weighted by atomic mass is 32.2. The number of aliphatic hydroxyl groups is 1. The second kappa shape index (κ2) is 6.44. The van der Waals surface area contributed by atoms with E-state index in [4.69, 9.17) is 5.11 Å². The first kappa shape index (κ1) is 14.6. The van der Waals surface area contributed by atoms with E-state index in [-0.39, 0.29) is 17.4 Å². The Bertz CT molecular complexity index is 442. The molecule has 0 radical (unpaired) electrons. The third-order valence-electron chi connectivity index (χ3n) is 2.27. The van der Waals surface area contributed by atoms with Crippen LogP contribution in [0.5, 0.6) is 0 Å². The minimum Gasteiger partial charge on any atom is -0.390 e. The molecule has 0 saturated carbocycles. The van der Waals surface area contributed by atoms with Gasteiger partial charge in [0.25, 0.3) is 0 Å². The lowest BCUT2D eigenvalue weighted by Gasteiger charge is -2.10. The number of H-pyrrole nitrogens is 1. The maximum absolute atomic E-state index is 11.9. The van der Waals surface area contributed by atoms with Gasteiger partial charge < -0.3 is 10.1 Å². The van der Waals surface area contributed by atoms with Crippen LogP contribution < -0.4 is 4.72 Å². The zero-order chi connectivity index (χ0) is 12.9. The van der Waals surface area contributed by atoms with Crippen molar-refractivity contribution in [1.29, 1.82) is 0 Å². The van der Waals surface area contributed by atoms with Crippen LogP contribution in [-0.2, 0) is 16.6 Å². The van der Waals surface area contributed by atoms with E-state index >= 15 is 0 Å². The van der Waals surface area contributed by atoms with E-state index in [1.54, 1.807) is 11.8 Å². The molecule has 3 N–H and O–H groups in total. The zero-order valence-corrected chi connectivity index (χ0v) is 11.6. The van der Waals surface area contributed by atoms with E-state index < -0.39 is 10.0 Å². The minimum absolute atomic E-state index is 0.165. The van der Waals surface area contributed by atoms with E-state index in [0.717, 1.165) is 5.75 Å². The highest BCUT2D eigenvalue weighted by Gasteiger charge is 2.16. The van der Waals surface area contributed by atoms with Gasteiger partial charge in [0.1, 0.15) is 0 Å². The Balaban J connectivity index is 2.62. The van der Waals surface area contributed by atoms with Crippen LogP contribution >= 0.6 is 11.8 Å². The van der Waals surface area contributed by atoms with Gasteiger partial charge in [-0.15, -0.1) is 0 Å². The van der Waals surface area contributed by atoms with Crippen molar-refractivity contribution in [2.24, 2.45) is 5.92 Å². The van der Waals surface area contributed by atoms with Gasteiger partial charge in [-0.2, -0.15) is 11.8 Å². The molecule has 0 saturated heterocycles. The maximum atomic E-state index is 11.9. The lowest BCUT2D eigenvalue weighted by atomic mass is 10.2. The van der Waals surface area contributed by atoms with Crippen LogP contribution in [0.2, 0.25) is 0 Å². The molecule has 5 nitrogen and oxygen atoms in total. The number of aromatic nitrogens is 1. The average Bonchev–Trinajstić information content (AvgIpc) is 2.76. The van der Waals surface area contributed by atoms with E-state index in [1.165, 1.54) is 12.3 Å². The predicted octanol–water partition coefficient (Wildman–Crippen LogP) is 0.784. The third kappa shape index (κ3) is 4.34. The monoisotopic (exact) mass is 278 g/mol. The van der Waals surface area contributed by atoms with Crippen molar-refractivity contribution in [3.63, 3.8) is 0 Å². The molecule has 0 aliphatic carbocycles. The van der Waals surface area contributed by atoms with Crippen LogP contribution in [0.1, 0.15) is 12.6 Å². The zero-order valence-electron chi connectivity index (χ0n) is 9.93. The first-order valence-electron chi connectivity index (χ1n) is 5.26. The molecule has 1 rings (SSSR count). The fraction of sp³-hybridized carbons (Fsp3) is 0.600.